The molecule has 0 spiro atoms. The predicted molar refractivity (Wildman–Crippen MR) is 76.8 cm³/mol. The highest BCUT2D eigenvalue weighted by Crippen LogP contribution is 2.31. The zero-order valence-corrected chi connectivity index (χ0v) is 11.8. The zero-order valence-electron chi connectivity index (χ0n) is 10.8. The van der Waals surface area contributed by atoms with Crippen molar-refractivity contribution in [2.45, 2.75) is 31.6 Å². The van der Waals surface area contributed by atoms with Crippen molar-refractivity contribution in [1.82, 2.24) is 5.32 Å². The van der Waals surface area contributed by atoms with Crippen LogP contribution in [0.4, 0.5) is 0 Å². The van der Waals surface area contributed by atoms with E-state index < -0.39 is 8.07 Å². The topological polar surface area (TPSA) is 12.0 Å². The van der Waals surface area contributed by atoms with Crippen LogP contribution >= 0.6 is 0 Å². The summed E-state index contributed by atoms with van der Waals surface area (Å²) in [6.07, 6.45) is 3.53. The molecule has 2 heterocycles. The molecule has 0 saturated heterocycles. The molecule has 0 bridgehead atoms. The molecule has 1 nitrogen and oxygen atoms in total. The maximum absolute atomic E-state index is 3.38. The molecule has 17 heavy (non-hydrogen) atoms. The second kappa shape index (κ2) is 4.11. The van der Waals surface area contributed by atoms with Gasteiger partial charge < -0.3 is 5.32 Å². The first kappa shape index (κ1) is 11.2. The molecule has 0 fully saturated rings. The summed E-state index contributed by atoms with van der Waals surface area (Å²) in [7, 11) is -0.949. The number of benzene rings is 1. The quantitative estimate of drug-likeness (QED) is 0.748. The third-order valence-electron chi connectivity index (χ3n) is 3.98. The molecule has 1 aromatic rings. The minimum absolute atomic E-state index is 0.949. The molecule has 0 amide bonds. The van der Waals surface area contributed by atoms with E-state index >= 15 is 0 Å². The van der Waals surface area contributed by atoms with Crippen molar-refractivity contribution in [2.75, 3.05) is 13.1 Å². The lowest BCUT2D eigenvalue weighted by Crippen LogP contribution is -2.26. The molecule has 2 aliphatic heterocycles. The fraction of sp³-hybridized carbons (Fsp3) is 0.467. The van der Waals surface area contributed by atoms with E-state index in [1.54, 1.807) is 11.1 Å². The summed E-state index contributed by atoms with van der Waals surface area (Å²) in [5.74, 6) is 0. The zero-order chi connectivity index (χ0) is 11.9. The molecule has 0 saturated carbocycles. The van der Waals surface area contributed by atoms with Gasteiger partial charge in [-0.05, 0) is 47.3 Å². The molecule has 2 heteroatoms. The second-order valence-electron chi connectivity index (χ2n) is 6.18. The summed E-state index contributed by atoms with van der Waals surface area (Å²) in [5, 5.41) is 3.38. The van der Waals surface area contributed by atoms with E-state index in [0.29, 0.717) is 0 Å². The van der Waals surface area contributed by atoms with Crippen LogP contribution in [0.5, 0.6) is 0 Å². The van der Waals surface area contributed by atoms with Gasteiger partial charge in [0.1, 0.15) is 0 Å². The first-order chi connectivity index (χ1) is 8.14. The fourth-order valence-corrected chi connectivity index (χ4v) is 6.00. The monoisotopic (exact) mass is 243 g/mol. The van der Waals surface area contributed by atoms with E-state index in [-0.39, 0.29) is 0 Å². The van der Waals surface area contributed by atoms with Crippen LogP contribution in [-0.2, 0) is 12.1 Å². The summed E-state index contributed by atoms with van der Waals surface area (Å²) in [6.45, 7) is 7.18. The van der Waals surface area contributed by atoms with Gasteiger partial charge in [-0.25, -0.2) is 0 Å². The Morgan fingerprint density at radius 1 is 1.12 bits per heavy atom. The van der Waals surface area contributed by atoms with E-state index in [2.05, 4.69) is 42.7 Å². The van der Waals surface area contributed by atoms with E-state index in [1.165, 1.54) is 29.6 Å². The van der Waals surface area contributed by atoms with E-state index in [0.717, 1.165) is 13.1 Å². The fourth-order valence-electron chi connectivity index (χ4n) is 3.14. The molecular formula is C15H21NSi. The van der Waals surface area contributed by atoms with Crippen molar-refractivity contribution >= 4 is 13.6 Å². The second-order valence-corrected chi connectivity index (χ2v) is 11.2. The first-order valence-corrected chi connectivity index (χ1v) is 10.1. The molecular weight excluding hydrogens is 222 g/mol. The van der Waals surface area contributed by atoms with Crippen LogP contribution in [0, 0.1) is 0 Å². The average molecular weight is 243 g/mol. The van der Waals surface area contributed by atoms with Gasteiger partial charge in [-0.3, -0.25) is 0 Å². The lowest BCUT2D eigenvalue weighted by Gasteiger charge is -2.15. The first-order valence-electron chi connectivity index (χ1n) is 6.66. The van der Waals surface area contributed by atoms with Crippen molar-refractivity contribution in [3.05, 3.63) is 41.0 Å². The summed E-state index contributed by atoms with van der Waals surface area (Å²) >= 11 is 0. The average Bonchev–Trinajstić information content (AvgIpc) is 2.63. The number of nitrogens with one attached hydrogen (secondary N) is 1. The van der Waals surface area contributed by atoms with E-state index in [9.17, 15) is 0 Å². The lowest BCUT2D eigenvalue weighted by atomic mass is 9.97. The molecule has 1 N–H and O–H groups in total. The molecule has 90 valence electrons. The Hall–Kier alpha value is -0.863. The molecule has 2 aliphatic rings. The SMILES string of the molecule is C[Si]1(C)Cc2ccc(C3=CCNCC3)cc2C1. The molecule has 0 unspecified atom stereocenters. The number of fused-ring (bicyclic) bond motifs is 1. The number of hydrogen-bond acceptors (Lipinski definition) is 1. The van der Waals surface area contributed by atoms with Crippen LogP contribution in [0.3, 0.4) is 0 Å². The van der Waals surface area contributed by atoms with Crippen LogP contribution in [0.2, 0.25) is 13.1 Å². The van der Waals surface area contributed by atoms with Gasteiger partial charge in [0.25, 0.3) is 0 Å². The molecule has 1 aromatic carbocycles. The largest absolute Gasteiger partial charge is 0.313 e. The van der Waals surface area contributed by atoms with Crippen molar-refractivity contribution < 1.29 is 0 Å². The van der Waals surface area contributed by atoms with Crippen LogP contribution in [0.15, 0.2) is 24.3 Å². The van der Waals surface area contributed by atoms with Crippen LogP contribution in [-0.4, -0.2) is 21.2 Å². The third kappa shape index (κ3) is 2.24. The predicted octanol–water partition coefficient (Wildman–Crippen LogP) is 2.95. The normalized spacial score (nSPS) is 22.1. The van der Waals surface area contributed by atoms with Crippen LogP contribution < -0.4 is 5.32 Å². The Bertz CT molecular complexity index is 474. The van der Waals surface area contributed by atoms with Crippen LogP contribution in [0.1, 0.15) is 23.1 Å². The Morgan fingerprint density at radius 2 is 1.94 bits per heavy atom. The molecule has 0 radical (unpaired) electrons. The van der Waals surface area contributed by atoms with Gasteiger partial charge in [-0.2, -0.15) is 0 Å². The van der Waals surface area contributed by atoms with E-state index in [1.807, 2.05) is 0 Å². The van der Waals surface area contributed by atoms with Gasteiger partial charge in [-0.15, -0.1) is 0 Å². The van der Waals surface area contributed by atoms with Gasteiger partial charge in [-0.1, -0.05) is 37.4 Å². The standard InChI is InChI=1S/C15H21NSi/c1-17(2)10-14-4-3-13(9-15(14)11-17)12-5-7-16-8-6-12/h3-5,9,16H,6-8,10-11H2,1-2H3. The maximum atomic E-state index is 3.38. The van der Waals surface area contributed by atoms with Crippen LogP contribution in [0.25, 0.3) is 5.57 Å². The van der Waals surface area contributed by atoms with Crippen molar-refractivity contribution in [2.24, 2.45) is 0 Å². The van der Waals surface area contributed by atoms with Gasteiger partial charge in [0.2, 0.25) is 0 Å². The maximum Gasteiger partial charge on any atom is 0.0561 e. The molecule has 0 aliphatic carbocycles. The Labute approximate surface area is 105 Å². The lowest BCUT2D eigenvalue weighted by molar-refractivity contribution is 0.738. The highest BCUT2D eigenvalue weighted by Gasteiger charge is 2.30. The van der Waals surface area contributed by atoms with Crippen molar-refractivity contribution in [3.63, 3.8) is 0 Å². The minimum atomic E-state index is -0.949. The van der Waals surface area contributed by atoms with E-state index in [4.69, 9.17) is 0 Å². The smallest absolute Gasteiger partial charge is 0.0561 e. The Kier molecular flexibility index (Phi) is 2.72. The summed E-state index contributed by atoms with van der Waals surface area (Å²) in [5.41, 5.74) is 6.27. The molecule has 3 rings (SSSR count). The summed E-state index contributed by atoms with van der Waals surface area (Å²) in [6, 6.07) is 9.94. The minimum Gasteiger partial charge on any atom is -0.313 e. The highest BCUT2D eigenvalue weighted by molar-refractivity contribution is 6.77. The highest BCUT2D eigenvalue weighted by atomic mass is 28.3. The Balaban J connectivity index is 1.93. The van der Waals surface area contributed by atoms with Gasteiger partial charge >= 0.3 is 0 Å². The Morgan fingerprint density at radius 3 is 2.71 bits per heavy atom. The third-order valence-corrected chi connectivity index (χ3v) is 6.65. The molecule has 0 aromatic heterocycles. The summed E-state index contributed by atoms with van der Waals surface area (Å²) in [4.78, 5) is 0. The molecule has 0 atom stereocenters. The van der Waals surface area contributed by atoms with Gasteiger partial charge in [0.05, 0.1) is 8.07 Å². The van der Waals surface area contributed by atoms with Crippen molar-refractivity contribution in [1.29, 1.82) is 0 Å². The van der Waals surface area contributed by atoms with Gasteiger partial charge in [0.15, 0.2) is 0 Å². The number of rotatable bonds is 1. The van der Waals surface area contributed by atoms with Crippen molar-refractivity contribution in [3.8, 4) is 0 Å². The van der Waals surface area contributed by atoms with Gasteiger partial charge in [0, 0.05) is 6.54 Å². The summed E-state index contributed by atoms with van der Waals surface area (Å²) < 4.78 is 0. The number of hydrogen-bond donors (Lipinski definition) is 1.